The Morgan fingerprint density at radius 3 is 2.15 bits per heavy atom. The molecule has 1 N–H and O–H groups in total. The molecule has 136 valence electrons. The third-order valence-corrected chi connectivity index (χ3v) is 5.82. The molecular weight excluding hydrogens is 346 g/mol. The van der Waals surface area contributed by atoms with Gasteiger partial charge in [-0.3, -0.25) is 0 Å². The Hall–Kier alpha value is -2.44. The van der Waals surface area contributed by atoms with Gasteiger partial charge >= 0.3 is 0 Å². The zero-order chi connectivity index (χ0) is 18.7. The van der Waals surface area contributed by atoms with Gasteiger partial charge < -0.3 is 4.57 Å². The van der Waals surface area contributed by atoms with Gasteiger partial charge in [-0.1, -0.05) is 56.3 Å². The molecule has 1 unspecified atom stereocenters. The number of rotatable bonds is 6. The first-order chi connectivity index (χ1) is 12.4. The van der Waals surface area contributed by atoms with Gasteiger partial charge in [-0.2, -0.15) is 4.72 Å². The maximum absolute atomic E-state index is 13.0. The van der Waals surface area contributed by atoms with E-state index in [0.29, 0.717) is 11.7 Å². The number of aromatic nitrogens is 2. The molecule has 0 radical (unpaired) electrons. The Morgan fingerprint density at radius 1 is 0.962 bits per heavy atom. The summed E-state index contributed by atoms with van der Waals surface area (Å²) in [6.07, 6.45) is 3.47. The van der Waals surface area contributed by atoms with Gasteiger partial charge in [0.1, 0.15) is 11.9 Å². The van der Waals surface area contributed by atoms with Crippen molar-refractivity contribution >= 4 is 10.0 Å². The molecule has 1 aromatic heterocycles. The van der Waals surface area contributed by atoms with Crippen molar-refractivity contribution in [3.8, 4) is 0 Å². The molecule has 0 aliphatic rings. The average molecular weight is 369 g/mol. The molecule has 0 amide bonds. The Kier molecular flexibility index (Phi) is 5.25. The summed E-state index contributed by atoms with van der Waals surface area (Å²) in [5.74, 6) is 0.989. The summed E-state index contributed by atoms with van der Waals surface area (Å²) in [6.45, 7) is 4.16. The van der Waals surface area contributed by atoms with Crippen LogP contribution < -0.4 is 4.72 Å². The molecule has 5 nitrogen and oxygen atoms in total. The van der Waals surface area contributed by atoms with Crippen LogP contribution in [-0.2, 0) is 17.1 Å². The quantitative estimate of drug-likeness (QED) is 0.722. The number of hydrogen-bond acceptors (Lipinski definition) is 3. The van der Waals surface area contributed by atoms with Crippen molar-refractivity contribution in [1.29, 1.82) is 0 Å². The van der Waals surface area contributed by atoms with Crippen molar-refractivity contribution in [2.75, 3.05) is 0 Å². The molecule has 0 saturated heterocycles. The smallest absolute Gasteiger partial charge is 0.241 e. The van der Waals surface area contributed by atoms with Gasteiger partial charge in [-0.05, 0) is 29.2 Å². The number of imidazole rings is 1. The number of aryl methyl sites for hydroxylation is 1. The van der Waals surface area contributed by atoms with Gasteiger partial charge in [0.15, 0.2) is 0 Å². The molecule has 0 spiro atoms. The predicted octanol–water partition coefficient (Wildman–Crippen LogP) is 3.61. The fourth-order valence-corrected chi connectivity index (χ4v) is 4.01. The van der Waals surface area contributed by atoms with Crippen LogP contribution in [0.4, 0.5) is 0 Å². The standard InChI is InChI=1S/C20H23N3O2S/c1-15(2)16-9-11-18(12-10-16)26(24,25)22-19(17-7-5-4-6-8-17)20-21-13-14-23(20)3/h4-15,19,22H,1-3H3. The van der Waals surface area contributed by atoms with Crippen molar-refractivity contribution in [3.05, 3.63) is 83.9 Å². The number of hydrogen-bond donors (Lipinski definition) is 1. The molecule has 3 aromatic rings. The summed E-state index contributed by atoms with van der Waals surface area (Å²) in [7, 11) is -1.85. The first kappa shape index (κ1) is 18.4. The number of benzene rings is 2. The molecule has 6 heteroatoms. The summed E-state index contributed by atoms with van der Waals surface area (Å²) in [4.78, 5) is 4.59. The third-order valence-electron chi connectivity index (χ3n) is 4.38. The Labute approximate surface area is 154 Å². The summed E-state index contributed by atoms with van der Waals surface area (Å²) < 4.78 is 30.5. The molecular formula is C20H23N3O2S. The topological polar surface area (TPSA) is 64.0 Å². The van der Waals surface area contributed by atoms with Crippen LogP contribution in [0.15, 0.2) is 71.9 Å². The second-order valence-electron chi connectivity index (χ2n) is 6.59. The predicted molar refractivity (Wildman–Crippen MR) is 102 cm³/mol. The second kappa shape index (κ2) is 7.43. The highest BCUT2D eigenvalue weighted by Crippen LogP contribution is 2.24. The Balaban J connectivity index is 1.97. The molecule has 0 aliphatic heterocycles. The molecule has 0 bridgehead atoms. The molecule has 1 heterocycles. The monoisotopic (exact) mass is 369 g/mol. The molecule has 0 saturated carbocycles. The number of nitrogens with zero attached hydrogens (tertiary/aromatic N) is 2. The lowest BCUT2D eigenvalue weighted by molar-refractivity contribution is 0.563. The van der Waals surface area contributed by atoms with E-state index in [2.05, 4.69) is 23.6 Å². The van der Waals surface area contributed by atoms with E-state index in [1.165, 1.54) is 0 Å². The lowest BCUT2D eigenvalue weighted by atomic mass is 10.0. The van der Waals surface area contributed by atoms with Crippen LogP contribution in [0.1, 0.15) is 42.8 Å². The molecule has 0 aliphatic carbocycles. The van der Waals surface area contributed by atoms with Crippen molar-refractivity contribution < 1.29 is 8.42 Å². The van der Waals surface area contributed by atoms with E-state index < -0.39 is 16.1 Å². The minimum atomic E-state index is -3.70. The molecule has 3 rings (SSSR count). The van der Waals surface area contributed by atoms with Crippen LogP contribution in [0.3, 0.4) is 0 Å². The molecule has 26 heavy (non-hydrogen) atoms. The lowest BCUT2D eigenvalue weighted by Crippen LogP contribution is -2.31. The highest BCUT2D eigenvalue weighted by Gasteiger charge is 2.25. The largest absolute Gasteiger partial charge is 0.336 e. The van der Waals surface area contributed by atoms with Gasteiger partial charge in [0, 0.05) is 19.4 Å². The maximum Gasteiger partial charge on any atom is 0.241 e. The van der Waals surface area contributed by atoms with Crippen LogP contribution in [-0.4, -0.2) is 18.0 Å². The normalized spacial score (nSPS) is 13.1. The van der Waals surface area contributed by atoms with E-state index in [-0.39, 0.29) is 4.90 Å². The minimum absolute atomic E-state index is 0.247. The SMILES string of the molecule is CC(C)c1ccc(S(=O)(=O)NC(c2ccccc2)c2nccn2C)cc1. The van der Waals surface area contributed by atoms with E-state index in [9.17, 15) is 8.42 Å². The van der Waals surface area contributed by atoms with Crippen LogP contribution >= 0.6 is 0 Å². The fourth-order valence-electron chi connectivity index (χ4n) is 2.83. The highest BCUT2D eigenvalue weighted by molar-refractivity contribution is 7.89. The summed E-state index contributed by atoms with van der Waals surface area (Å²) in [6, 6.07) is 15.9. The summed E-state index contributed by atoms with van der Waals surface area (Å²) in [5, 5.41) is 0. The van der Waals surface area contributed by atoms with E-state index in [1.807, 2.05) is 54.1 Å². The summed E-state index contributed by atoms with van der Waals surface area (Å²) >= 11 is 0. The highest BCUT2D eigenvalue weighted by atomic mass is 32.2. The maximum atomic E-state index is 13.0. The Morgan fingerprint density at radius 2 is 1.62 bits per heavy atom. The lowest BCUT2D eigenvalue weighted by Gasteiger charge is -2.19. The van der Waals surface area contributed by atoms with Gasteiger partial charge in [0.25, 0.3) is 0 Å². The number of nitrogens with one attached hydrogen (secondary N) is 1. The summed E-state index contributed by atoms with van der Waals surface area (Å²) in [5.41, 5.74) is 1.94. The van der Waals surface area contributed by atoms with Gasteiger partial charge in [0.2, 0.25) is 10.0 Å². The molecule has 1 atom stereocenters. The van der Waals surface area contributed by atoms with Crippen LogP contribution in [0.5, 0.6) is 0 Å². The van der Waals surface area contributed by atoms with Crippen LogP contribution in [0.25, 0.3) is 0 Å². The minimum Gasteiger partial charge on any atom is -0.336 e. The Bertz CT molecular complexity index is 962. The van der Waals surface area contributed by atoms with Crippen molar-refractivity contribution in [1.82, 2.24) is 14.3 Å². The fraction of sp³-hybridized carbons (Fsp3) is 0.250. The van der Waals surface area contributed by atoms with Gasteiger partial charge in [0.05, 0.1) is 4.90 Å². The van der Waals surface area contributed by atoms with Crippen molar-refractivity contribution in [2.45, 2.75) is 30.7 Å². The van der Waals surface area contributed by atoms with Crippen molar-refractivity contribution in [3.63, 3.8) is 0 Å². The zero-order valence-corrected chi connectivity index (χ0v) is 15.9. The van der Waals surface area contributed by atoms with Gasteiger partial charge in [-0.25, -0.2) is 13.4 Å². The average Bonchev–Trinajstić information content (AvgIpc) is 3.06. The van der Waals surface area contributed by atoms with E-state index >= 15 is 0 Å². The first-order valence-corrected chi connectivity index (χ1v) is 10.0. The molecule has 0 fully saturated rings. The van der Waals surface area contributed by atoms with E-state index in [1.54, 1.807) is 24.5 Å². The molecule has 2 aromatic carbocycles. The van der Waals surface area contributed by atoms with Gasteiger partial charge in [-0.15, -0.1) is 0 Å². The zero-order valence-electron chi connectivity index (χ0n) is 15.1. The van der Waals surface area contributed by atoms with Crippen LogP contribution in [0.2, 0.25) is 0 Å². The van der Waals surface area contributed by atoms with Crippen molar-refractivity contribution in [2.24, 2.45) is 7.05 Å². The van der Waals surface area contributed by atoms with Crippen LogP contribution in [0, 0.1) is 0 Å². The first-order valence-electron chi connectivity index (χ1n) is 8.53. The van der Waals surface area contributed by atoms with E-state index in [0.717, 1.165) is 11.1 Å². The third kappa shape index (κ3) is 3.86. The second-order valence-corrected chi connectivity index (χ2v) is 8.30. The van der Waals surface area contributed by atoms with E-state index in [4.69, 9.17) is 0 Å². The number of sulfonamides is 1.